The predicted molar refractivity (Wildman–Crippen MR) is 82.2 cm³/mol. The van der Waals surface area contributed by atoms with Crippen LogP contribution >= 0.6 is 15.9 Å². The van der Waals surface area contributed by atoms with Gasteiger partial charge in [0.05, 0.1) is 21.9 Å². The Morgan fingerprint density at radius 2 is 2.10 bits per heavy atom. The molecule has 2 rings (SSSR count). The SMILES string of the molecule is CCC(N)C(c1cccc(F)c1)n1nc(C)c(Br)c1C. The normalized spacial score (nSPS) is 14.3. The van der Waals surface area contributed by atoms with E-state index in [-0.39, 0.29) is 17.9 Å². The van der Waals surface area contributed by atoms with Crippen LogP contribution in [0, 0.1) is 19.7 Å². The Balaban J connectivity index is 2.56. The summed E-state index contributed by atoms with van der Waals surface area (Å²) in [6.45, 7) is 5.95. The summed E-state index contributed by atoms with van der Waals surface area (Å²) in [5.41, 5.74) is 9.02. The van der Waals surface area contributed by atoms with Gasteiger partial charge in [0, 0.05) is 6.04 Å². The summed E-state index contributed by atoms with van der Waals surface area (Å²) in [5.74, 6) is -0.253. The molecule has 108 valence electrons. The van der Waals surface area contributed by atoms with Gasteiger partial charge in [0.1, 0.15) is 5.82 Å². The van der Waals surface area contributed by atoms with E-state index in [1.807, 2.05) is 31.5 Å². The van der Waals surface area contributed by atoms with E-state index in [2.05, 4.69) is 21.0 Å². The standard InChI is InChI=1S/C15H19BrFN3/c1-4-13(18)15(11-6-5-7-12(17)8-11)20-10(3)14(16)9(2)19-20/h5-8,13,15H,4,18H2,1-3H3. The van der Waals surface area contributed by atoms with Crippen LogP contribution in [0.2, 0.25) is 0 Å². The third-order valence-corrected chi connectivity index (χ3v) is 4.71. The average molecular weight is 340 g/mol. The second-order valence-electron chi connectivity index (χ2n) is 5.00. The molecule has 2 atom stereocenters. The van der Waals surface area contributed by atoms with E-state index in [0.717, 1.165) is 27.8 Å². The van der Waals surface area contributed by atoms with Gasteiger partial charge in [0.2, 0.25) is 0 Å². The maximum Gasteiger partial charge on any atom is 0.123 e. The van der Waals surface area contributed by atoms with Gasteiger partial charge in [0.15, 0.2) is 0 Å². The largest absolute Gasteiger partial charge is 0.326 e. The van der Waals surface area contributed by atoms with Crippen molar-refractivity contribution in [3.63, 3.8) is 0 Å². The first-order valence-electron chi connectivity index (χ1n) is 6.68. The van der Waals surface area contributed by atoms with Crippen LogP contribution in [0.1, 0.15) is 36.3 Å². The second kappa shape index (κ2) is 6.06. The van der Waals surface area contributed by atoms with Crippen LogP contribution < -0.4 is 5.73 Å². The van der Waals surface area contributed by atoms with Gasteiger partial charge in [0.25, 0.3) is 0 Å². The lowest BCUT2D eigenvalue weighted by Gasteiger charge is -2.25. The highest BCUT2D eigenvalue weighted by Crippen LogP contribution is 2.29. The summed E-state index contributed by atoms with van der Waals surface area (Å²) in [4.78, 5) is 0. The van der Waals surface area contributed by atoms with Crippen molar-refractivity contribution < 1.29 is 4.39 Å². The average Bonchev–Trinajstić information content (AvgIpc) is 2.67. The van der Waals surface area contributed by atoms with Gasteiger partial charge in [-0.25, -0.2) is 4.39 Å². The van der Waals surface area contributed by atoms with Crippen molar-refractivity contribution in [2.45, 2.75) is 39.3 Å². The first kappa shape index (κ1) is 15.2. The van der Waals surface area contributed by atoms with E-state index in [4.69, 9.17) is 5.73 Å². The molecule has 1 aromatic carbocycles. The van der Waals surface area contributed by atoms with Crippen LogP contribution in [-0.2, 0) is 0 Å². The minimum absolute atomic E-state index is 0.123. The minimum atomic E-state index is -0.253. The molecule has 2 aromatic rings. The molecule has 5 heteroatoms. The lowest BCUT2D eigenvalue weighted by atomic mass is 9.98. The Labute approximate surface area is 127 Å². The summed E-state index contributed by atoms with van der Waals surface area (Å²) < 4.78 is 16.4. The van der Waals surface area contributed by atoms with E-state index in [0.29, 0.717) is 0 Å². The molecule has 2 unspecified atom stereocenters. The number of aromatic nitrogens is 2. The number of halogens is 2. The van der Waals surface area contributed by atoms with Crippen molar-refractivity contribution in [3.8, 4) is 0 Å². The Morgan fingerprint density at radius 3 is 2.60 bits per heavy atom. The molecular weight excluding hydrogens is 321 g/mol. The Kier molecular flexibility index (Phi) is 4.60. The lowest BCUT2D eigenvalue weighted by molar-refractivity contribution is 0.414. The van der Waals surface area contributed by atoms with Crippen LogP contribution in [0.5, 0.6) is 0 Å². The van der Waals surface area contributed by atoms with Crippen molar-refractivity contribution >= 4 is 15.9 Å². The molecule has 20 heavy (non-hydrogen) atoms. The van der Waals surface area contributed by atoms with Gasteiger partial charge in [-0.3, -0.25) is 4.68 Å². The van der Waals surface area contributed by atoms with E-state index >= 15 is 0 Å². The molecule has 0 bridgehead atoms. The van der Waals surface area contributed by atoms with Crippen molar-refractivity contribution in [1.29, 1.82) is 0 Å². The third-order valence-electron chi connectivity index (χ3n) is 3.57. The summed E-state index contributed by atoms with van der Waals surface area (Å²) in [5, 5.41) is 4.55. The maximum absolute atomic E-state index is 13.5. The van der Waals surface area contributed by atoms with Crippen LogP contribution in [0.3, 0.4) is 0 Å². The Bertz CT molecular complexity index is 609. The molecule has 0 fully saturated rings. The third kappa shape index (κ3) is 2.79. The summed E-state index contributed by atoms with van der Waals surface area (Å²) in [6.07, 6.45) is 0.789. The van der Waals surface area contributed by atoms with Gasteiger partial charge in [-0.15, -0.1) is 0 Å². The van der Waals surface area contributed by atoms with Gasteiger partial charge in [-0.05, 0) is 53.9 Å². The monoisotopic (exact) mass is 339 g/mol. The van der Waals surface area contributed by atoms with E-state index < -0.39 is 0 Å². The minimum Gasteiger partial charge on any atom is -0.326 e. The number of nitrogens with two attached hydrogens (primary N) is 1. The molecule has 0 amide bonds. The lowest BCUT2D eigenvalue weighted by Crippen LogP contribution is -2.33. The number of benzene rings is 1. The van der Waals surface area contributed by atoms with Crippen molar-refractivity contribution in [2.75, 3.05) is 0 Å². The molecule has 0 radical (unpaired) electrons. The zero-order valence-electron chi connectivity index (χ0n) is 11.9. The quantitative estimate of drug-likeness (QED) is 0.922. The smallest absolute Gasteiger partial charge is 0.123 e. The molecule has 1 aromatic heterocycles. The number of hydrogen-bond donors (Lipinski definition) is 1. The predicted octanol–water partition coefficient (Wildman–Crippen LogP) is 3.73. The molecule has 0 aliphatic heterocycles. The van der Waals surface area contributed by atoms with Gasteiger partial charge in [-0.1, -0.05) is 19.1 Å². The Morgan fingerprint density at radius 1 is 1.40 bits per heavy atom. The van der Waals surface area contributed by atoms with Gasteiger partial charge >= 0.3 is 0 Å². The van der Waals surface area contributed by atoms with Crippen molar-refractivity contribution in [1.82, 2.24) is 9.78 Å². The van der Waals surface area contributed by atoms with Crippen molar-refractivity contribution in [2.24, 2.45) is 5.73 Å². The topological polar surface area (TPSA) is 43.8 Å². The molecule has 0 aliphatic rings. The molecule has 0 saturated carbocycles. The number of hydrogen-bond acceptors (Lipinski definition) is 2. The second-order valence-corrected chi connectivity index (χ2v) is 5.79. The van der Waals surface area contributed by atoms with Crippen LogP contribution in [-0.4, -0.2) is 15.8 Å². The maximum atomic E-state index is 13.5. The highest BCUT2D eigenvalue weighted by Gasteiger charge is 2.25. The fourth-order valence-electron chi connectivity index (χ4n) is 2.40. The first-order chi connectivity index (χ1) is 9.45. The summed E-state index contributed by atoms with van der Waals surface area (Å²) in [7, 11) is 0. The molecule has 2 N–H and O–H groups in total. The fourth-order valence-corrected chi connectivity index (χ4v) is 2.66. The summed E-state index contributed by atoms with van der Waals surface area (Å²) in [6, 6.07) is 6.29. The fraction of sp³-hybridized carbons (Fsp3) is 0.400. The van der Waals surface area contributed by atoms with E-state index in [1.54, 1.807) is 6.07 Å². The molecule has 0 saturated heterocycles. The van der Waals surface area contributed by atoms with E-state index in [1.165, 1.54) is 12.1 Å². The highest BCUT2D eigenvalue weighted by atomic mass is 79.9. The van der Waals surface area contributed by atoms with Gasteiger partial charge in [-0.2, -0.15) is 5.10 Å². The summed E-state index contributed by atoms with van der Waals surface area (Å²) >= 11 is 3.53. The number of nitrogens with zero attached hydrogens (tertiary/aromatic N) is 2. The van der Waals surface area contributed by atoms with Gasteiger partial charge < -0.3 is 5.73 Å². The molecule has 3 nitrogen and oxygen atoms in total. The van der Waals surface area contributed by atoms with Crippen molar-refractivity contribution in [3.05, 3.63) is 51.5 Å². The zero-order chi connectivity index (χ0) is 14.9. The molecular formula is C15H19BrFN3. The number of rotatable bonds is 4. The molecule has 1 heterocycles. The highest BCUT2D eigenvalue weighted by molar-refractivity contribution is 9.10. The van der Waals surface area contributed by atoms with E-state index in [9.17, 15) is 4.39 Å². The number of aryl methyl sites for hydroxylation is 1. The Hall–Kier alpha value is -1.20. The van der Waals surface area contributed by atoms with Crippen LogP contribution in [0.15, 0.2) is 28.7 Å². The van der Waals surface area contributed by atoms with Crippen LogP contribution in [0.4, 0.5) is 4.39 Å². The molecule has 0 spiro atoms. The first-order valence-corrected chi connectivity index (χ1v) is 7.47. The molecule has 0 aliphatic carbocycles. The zero-order valence-corrected chi connectivity index (χ0v) is 13.5. The van der Waals surface area contributed by atoms with Crippen LogP contribution in [0.25, 0.3) is 0 Å².